The van der Waals surface area contributed by atoms with E-state index in [0.717, 1.165) is 28.7 Å². The molecule has 0 aliphatic carbocycles. The molecule has 0 amide bonds. The maximum absolute atomic E-state index is 13.9. The highest BCUT2D eigenvalue weighted by Gasteiger charge is 2.08. The van der Waals surface area contributed by atoms with E-state index in [9.17, 15) is 13.2 Å². The van der Waals surface area contributed by atoms with Crippen LogP contribution >= 0.6 is 0 Å². The van der Waals surface area contributed by atoms with Gasteiger partial charge in [-0.25, -0.2) is 23.1 Å². The van der Waals surface area contributed by atoms with Gasteiger partial charge < -0.3 is 5.32 Å². The van der Waals surface area contributed by atoms with E-state index < -0.39 is 11.7 Å². The molecule has 3 rings (SSSR count). The van der Waals surface area contributed by atoms with E-state index in [2.05, 4.69) is 21.9 Å². The van der Waals surface area contributed by atoms with Crippen molar-refractivity contribution in [2.75, 3.05) is 11.9 Å². The van der Waals surface area contributed by atoms with Gasteiger partial charge in [-0.3, -0.25) is 0 Å². The summed E-state index contributed by atoms with van der Waals surface area (Å²) in [5, 5.41) is 3.74. The lowest BCUT2D eigenvalue weighted by Crippen LogP contribution is -2.07. The Kier molecular flexibility index (Phi) is 5.89. The highest BCUT2D eigenvalue weighted by Crippen LogP contribution is 2.27. The van der Waals surface area contributed by atoms with Crippen LogP contribution in [0.15, 0.2) is 84.7 Å². The molecule has 0 aliphatic rings. The van der Waals surface area contributed by atoms with Gasteiger partial charge in [-0.2, -0.15) is 0 Å². The highest BCUT2D eigenvalue weighted by atomic mass is 19.1. The van der Waals surface area contributed by atoms with Gasteiger partial charge in [0.25, 0.3) is 0 Å². The quantitative estimate of drug-likeness (QED) is 0.522. The second kappa shape index (κ2) is 8.52. The Morgan fingerprint density at radius 3 is 2.50 bits per heavy atom. The maximum atomic E-state index is 13.9. The van der Waals surface area contributed by atoms with Gasteiger partial charge in [0.15, 0.2) is 0 Å². The van der Waals surface area contributed by atoms with Crippen molar-refractivity contribution in [3.63, 3.8) is 0 Å². The van der Waals surface area contributed by atoms with Crippen LogP contribution in [0.2, 0.25) is 0 Å². The molecule has 0 spiro atoms. The minimum absolute atomic E-state index is 0.0478. The van der Waals surface area contributed by atoms with Gasteiger partial charge in [-0.1, -0.05) is 30.9 Å². The maximum Gasteiger partial charge on any atom is 0.137 e. The molecule has 0 unspecified atom stereocenters. The van der Waals surface area contributed by atoms with Crippen molar-refractivity contribution in [2.45, 2.75) is 6.92 Å². The Hall–Kier alpha value is -3.41. The van der Waals surface area contributed by atoms with Gasteiger partial charge in [0.1, 0.15) is 29.6 Å². The third kappa shape index (κ3) is 4.46. The van der Waals surface area contributed by atoms with Crippen LogP contribution < -0.4 is 5.32 Å². The van der Waals surface area contributed by atoms with Gasteiger partial charge in [-0.05, 0) is 47.9 Å². The summed E-state index contributed by atoms with van der Waals surface area (Å²) in [5.41, 5.74) is 2.51. The largest absolute Gasteiger partial charge is 0.365 e. The van der Waals surface area contributed by atoms with Crippen LogP contribution in [0.5, 0.6) is 0 Å². The van der Waals surface area contributed by atoms with Crippen molar-refractivity contribution >= 4 is 16.7 Å². The van der Waals surface area contributed by atoms with Crippen molar-refractivity contribution in [1.29, 1.82) is 0 Å². The predicted molar refractivity (Wildman–Crippen MR) is 107 cm³/mol. The number of anilines is 1. The molecule has 1 aromatic heterocycles. The summed E-state index contributed by atoms with van der Waals surface area (Å²) in [6.07, 6.45) is 3.35. The molecule has 0 aliphatic heterocycles. The number of fused-ring (bicyclic) bond motifs is 1. The average molecular weight is 381 g/mol. The number of rotatable bonds is 6. The molecule has 28 heavy (non-hydrogen) atoms. The van der Waals surface area contributed by atoms with E-state index >= 15 is 0 Å². The lowest BCUT2D eigenvalue weighted by molar-refractivity contribution is 0.620. The van der Waals surface area contributed by atoms with Gasteiger partial charge in [-0.15, -0.1) is 0 Å². The Labute approximate surface area is 161 Å². The molecule has 1 N–H and O–H groups in total. The molecule has 2 aromatic carbocycles. The van der Waals surface area contributed by atoms with Crippen LogP contribution in [-0.4, -0.2) is 16.5 Å². The summed E-state index contributed by atoms with van der Waals surface area (Å²) in [6, 6.07) is 11.7. The number of nitrogens with one attached hydrogen (secondary N) is 1. The third-order valence-corrected chi connectivity index (χ3v) is 4.16. The number of allylic oxidation sites excluding steroid dienone is 3. The fraction of sp³-hybridized carbons (Fsp3) is 0.0909. The summed E-state index contributed by atoms with van der Waals surface area (Å²) >= 11 is 0. The van der Waals surface area contributed by atoms with Crippen molar-refractivity contribution in [2.24, 2.45) is 0 Å². The number of nitrogens with zero attached hydrogens (tertiary/aromatic N) is 2. The number of benzene rings is 2. The molecule has 0 bridgehead atoms. The van der Waals surface area contributed by atoms with Gasteiger partial charge in [0.2, 0.25) is 0 Å². The van der Waals surface area contributed by atoms with Crippen LogP contribution in [-0.2, 0) is 0 Å². The first-order chi connectivity index (χ1) is 13.5. The molecule has 0 saturated heterocycles. The summed E-state index contributed by atoms with van der Waals surface area (Å²) in [5.74, 6) is -1.23. The van der Waals surface area contributed by atoms with Gasteiger partial charge in [0.05, 0.1) is 5.52 Å². The zero-order valence-corrected chi connectivity index (χ0v) is 15.2. The van der Waals surface area contributed by atoms with E-state index in [1.54, 1.807) is 12.1 Å². The molecule has 0 fully saturated rings. The molecule has 0 radical (unpaired) electrons. The zero-order chi connectivity index (χ0) is 20.1. The number of halogens is 3. The molecule has 1 heterocycles. The van der Waals surface area contributed by atoms with E-state index in [1.807, 2.05) is 18.2 Å². The first-order valence-corrected chi connectivity index (χ1v) is 8.59. The Morgan fingerprint density at radius 2 is 1.79 bits per heavy atom. The van der Waals surface area contributed by atoms with E-state index in [0.29, 0.717) is 11.3 Å². The summed E-state index contributed by atoms with van der Waals surface area (Å²) in [6.45, 7) is 5.16. The van der Waals surface area contributed by atoms with Gasteiger partial charge >= 0.3 is 0 Å². The van der Waals surface area contributed by atoms with Crippen molar-refractivity contribution in [3.8, 4) is 11.1 Å². The molecular formula is C22H18F3N3. The Morgan fingerprint density at radius 1 is 1.07 bits per heavy atom. The van der Waals surface area contributed by atoms with Crippen LogP contribution in [0.3, 0.4) is 0 Å². The minimum Gasteiger partial charge on any atom is -0.365 e. The molecule has 6 heteroatoms. The van der Waals surface area contributed by atoms with Crippen molar-refractivity contribution in [3.05, 3.63) is 90.6 Å². The second-order valence-corrected chi connectivity index (χ2v) is 6.08. The number of hydrogen-bond donors (Lipinski definition) is 1. The van der Waals surface area contributed by atoms with Crippen LogP contribution in [0.4, 0.5) is 19.0 Å². The normalized spacial score (nSPS) is 12.3. The van der Waals surface area contributed by atoms with E-state index in [-0.39, 0.29) is 17.9 Å². The lowest BCUT2D eigenvalue weighted by atomic mass is 10.0. The summed E-state index contributed by atoms with van der Waals surface area (Å²) in [4.78, 5) is 8.44. The molecule has 0 saturated carbocycles. The minimum atomic E-state index is -0.742. The summed E-state index contributed by atoms with van der Waals surface area (Å²) in [7, 11) is 0. The lowest BCUT2D eigenvalue weighted by Gasteiger charge is -2.11. The standard InChI is InChI=1S/C22H18F3N3/c1-3-17(23)11-20(25)14(2)12-26-22-19-10-16(6-9-21(19)27-13-28-22)15-4-7-18(24)8-5-15/h3-11,13H,2,12H2,1H3,(H,26,27,28)/b17-3+,20-11+. The molecule has 3 aromatic rings. The van der Waals surface area contributed by atoms with Crippen molar-refractivity contribution < 1.29 is 13.2 Å². The van der Waals surface area contributed by atoms with E-state index in [1.165, 1.54) is 25.4 Å². The van der Waals surface area contributed by atoms with Crippen LogP contribution in [0, 0.1) is 5.82 Å². The molecule has 3 nitrogen and oxygen atoms in total. The SMILES string of the molecule is C=C(CNc1ncnc2ccc(-c3ccc(F)cc3)cc12)/C(F)=C\C(F)=C/C. The first-order valence-electron chi connectivity index (χ1n) is 8.59. The zero-order valence-electron chi connectivity index (χ0n) is 15.2. The van der Waals surface area contributed by atoms with Gasteiger partial charge in [0, 0.05) is 18.0 Å². The number of aromatic nitrogens is 2. The molecule has 0 atom stereocenters. The van der Waals surface area contributed by atoms with E-state index in [4.69, 9.17) is 0 Å². The smallest absolute Gasteiger partial charge is 0.137 e. The second-order valence-electron chi connectivity index (χ2n) is 6.08. The predicted octanol–water partition coefficient (Wildman–Crippen LogP) is 6.13. The number of hydrogen-bond acceptors (Lipinski definition) is 3. The highest BCUT2D eigenvalue weighted by molar-refractivity contribution is 5.92. The molecular weight excluding hydrogens is 363 g/mol. The Bertz CT molecular complexity index is 1070. The first kappa shape index (κ1) is 19.4. The average Bonchev–Trinajstić information content (AvgIpc) is 2.71. The third-order valence-electron chi connectivity index (χ3n) is 4.16. The monoisotopic (exact) mass is 381 g/mol. The van der Waals surface area contributed by atoms with Crippen LogP contribution in [0.25, 0.3) is 22.0 Å². The topological polar surface area (TPSA) is 37.8 Å². The fourth-order valence-electron chi connectivity index (χ4n) is 2.60. The summed E-state index contributed by atoms with van der Waals surface area (Å²) < 4.78 is 40.3. The Balaban J connectivity index is 1.87. The van der Waals surface area contributed by atoms with Crippen molar-refractivity contribution in [1.82, 2.24) is 9.97 Å². The molecule has 142 valence electrons. The fourth-order valence-corrected chi connectivity index (χ4v) is 2.60. The van der Waals surface area contributed by atoms with Crippen LogP contribution in [0.1, 0.15) is 6.92 Å².